The number of carbonyl (C=O) groups is 2. The minimum atomic E-state index is -0.529. The molecule has 5 nitrogen and oxygen atoms in total. The van der Waals surface area contributed by atoms with Crippen molar-refractivity contribution < 1.29 is 19.1 Å². The lowest BCUT2D eigenvalue weighted by Gasteiger charge is -2.25. The van der Waals surface area contributed by atoms with Gasteiger partial charge in [-0.25, -0.2) is 4.79 Å². The van der Waals surface area contributed by atoms with Gasteiger partial charge in [-0.3, -0.25) is 4.79 Å². The molecule has 1 unspecified atom stereocenters. The molecular weight excluding hydrogens is 222 g/mol. The Morgan fingerprint density at radius 1 is 1.29 bits per heavy atom. The van der Waals surface area contributed by atoms with Gasteiger partial charge >= 0.3 is 12.1 Å². The van der Waals surface area contributed by atoms with E-state index in [0.717, 1.165) is 0 Å². The van der Waals surface area contributed by atoms with E-state index in [9.17, 15) is 9.59 Å². The highest BCUT2D eigenvalue weighted by molar-refractivity contribution is 5.74. The third kappa shape index (κ3) is 6.81. The van der Waals surface area contributed by atoms with Crippen LogP contribution in [-0.4, -0.2) is 42.8 Å². The summed E-state index contributed by atoms with van der Waals surface area (Å²) in [5.74, 6) is -0.657. The second-order valence-electron chi connectivity index (χ2n) is 5.01. The first-order chi connectivity index (χ1) is 7.67. The van der Waals surface area contributed by atoms with Crippen molar-refractivity contribution in [2.24, 2.45) is 5.92 Å². The van der Waals surface area contributed by atoms with E-state index in [1.165, 1.54) is 4.90 Å². The summed E-state index contributed by atoms with van der Waals surface area (Å²) in [6, 6.07) is 0. The van der Waals surface area contributed by atoms with E-state index in [1.54, 1.807) is 41.7 Å². The molecule has 0 aliphatic carbocycles. The van der Waals surface area contributed by atoms with Crippen LogP contribution in [0.3, 0.4) is 0 Å². The smallest absolute Gasteiger partial charge is 0.410 e. The van der Waals surface area contributed by atoms with Crippen LogP contribution >= 0.6 is 0 Å². The zero-order chi connectivity index (χ0) is 13.6. The van der Waals surface area contributed by atoms with Crippen LogP contribution < -0.4 is 0 Å². The number of hydrogen-bond acceptors (Lipinski definition) is 4. The lowest BCUT2D eigenvalue weighted by molar-refractivity contribution is -0.147. The lowest BCUT2D eigenvalue weighted by atomic mass is 10.2. The maximum atomic E-state index is 11.6. The van der Waals surface area contributed by atoms with Gasteiger partial charge < -0.3 is 14.4 Å². The summed E-state index contributed by atoms with van der Waals surface area (Å²) in [4.78, 5) is 24.4. The fraction of sp³-hybridized carbons (Fsp3) is 0.833. The summed E-state index contributed by atoms with van der Waals surface area (Å²) >= 11 is 0. The Morgan fingerprint density at radius 2 is 1.82 bits per heavy atom. The topological polar surface area (TPSA) is 55.8 Å². The van der Waals surface area contributed by atoms with Gasteiger partial charge in [-0.2, -0.15) is 0 Å². The van der Waals surface area contributed by atoms with E-state index >= 15 is 0 Å². The van der Waals surface area contributed by atoms with Crippen molar-refractivity contribution in [2.45, 2.75) is 40.2 Å². The Labute approximate surface area is 103 Å². The van der Waals surface area contributed by atoms with Gasteiger partial charge in [0, 0.05) is 13.6 Å². The Balaban J connectivity index is 4.20. The predicted molar refractivity (Wildman–Crippen MR) is 64.7 cm³/mol. The normalized spacial score (nSPS) is 12.8. The van der Waals surface area contributed by atoms with Crippen molar-refractivity contribution >= 4 is 12.1 Å². The van der Waals surface area contributed by atoms with Crippen molar-refractivity contribution in [3.05, 3.63) is 0 Å². The van der Waals surface area contributed by atoms with Crippen molar-refractivity contribution in [3.63, 3.8) is 0 Å². The van der Waals surface area contributed by atoms with Gasteiger partial charge in [-0.05, 0) is 27.7 Å². The number of rotatable bonds is 4. The Hall–Kier alpha value is -1.26. The molecule has 0 radical (unpaired) electrons. The van der Waals surface area contributed by atoms with Gasteiger partial charge in [-0.15, -0.1) is 0 Å². The number of ether oxygens (including phenoxy) is 2. The molecule has 0 saturated carbocycles. The Morgan fingerprint density at radius 3 is 2.24 bits per heavy atom. The van der Waals surface area contributed by atoms with Crippen molar-refractivity contribution in [2.75, 3.05) is 20.2 Å². The van der Waals surface area contributed by atoms with Crippen molar-refractivity contribution in [3.8, 4) is 0 Å². The Kier molecular flexibility index (Phi) is 5.99. The molecule has 17 heavy (non-hydrogen) atoms. The maximum Gasteiger partial charge on any atom is 0.410 e. The summed E-state index contributed by atoms with van der Waals surface area (Å²) in [7, 11) is 1.60. The molecule has 0 spiro atoms. The molecule has 0 N–H and O–H groups in total. The minimum absolute atomic E-state index is 0.285. The fourth-order valence-corrected chi connectivity index (χ4v) is 1.18. The average Bonchev–Trinajstić information content (AvgIpc) is 2.15. The van der Waals surface area contributed by atoms with Gasteiger partial charge in [0.15, 0.2) is 0 Å². The SMILES string of the molecule is CCOC(=O)C(C)CN(C)C(=O)OC(C)(C)C. The van der Waals surface area contributed by atoms with Crippen LogP contribution in [0.1, 0.15) is 34.6 Å². The monoisotopic (exact) mass is 245 g/mol. The van der Waals surface area contributed by atoms with E-state index in [2.05, 4.69) is 0 Å². The molecule has 0 heterocycles. The highest BCUT2D eigenvalue weighted by Gasteiger charge is 2.23. The molecule has 1 amide bonds. The van der Waals surface area contributed by atoms with Crippen LogP contribution in [0.2, 0.25) is 0 Å². The van der Waals surface area contributed by atoms with Crippen LogP contribution in [-0.2, 0) is 14.3 Å². The minimum Gasteiger partial charge on any atom is -0.466 e. The van der Waals surface area contributed by atoms with E-state index in [-0.39, 0.29) is 18.4 Å². The molecule has 0 bridgehead atoms. The number of esters is 1. The van der Waals surface area contributed by atoms with E-state index in [0.29, 0.717) is 6.61 Å². The number of hydrogen-bond donors (Lipinski definition) is 0. The quantitative estimate of drug-likeness (QED) is 0.711. The second-order valence-corrected chi connectivity index (χ2v) is 5.01. The number of amides is 1. The van der Waals surface area contributed by atoms with Crippen molar-refractivity contribution in [1.82, 2.24) is 4.90 Å². The summed E-state index contributed by atoms with van der Waals surface area (Å²) in [6.45, 7) is 9.50. The molecule has 0 aromatic heterocycles. The summed E-state index contributed by atoms with van der Waals surface area (Å²) < 4.78 is 10.0. The third-order valence-electron chi connectivity index (χ3n) is 1.94. The molecule has 0 aromatic rings. The summed E-state index contributed by atoms with van der Waals surface area (Å²) in [5.41, 5.74) is -0.529. The number of nitrogens with zero attached hydrogens (tertiary/aromatic N) is 1. The molecule has 0 saturated heterocycles. The fourth-order valence-electron chi connectivity index (χ4n) is 1.18. The molecular formula is C12H23NO4. The van der Waals surface area contributed by atoms with E-state index in [4.69, 9.17) is 9.47 Å². The predicted octanol–water partition coefficient (Wildman–Crippen LogP) is 2.05. The molecule has 0 aliphatic heterocycles. The zero-order valence-corrected chi connectivity index (χ0v) is 11.6. The largest absolute Gasteiger partial charge is 0.466 e. The molecule has 0 rings (SSSR count). The molecule has 100 valence electrons. The molecule has 1 atom stereocenters. The molecule has 0 aliphatic rings. The van der Waals surface area contributed by atoms with Crippen LogP contribution in [0.5, 0.6) is 0 Å². The van der Waals surface area contributed by atoms with Gasteiger partial charge in [0.1, 0.15) is 5.60 Å². The highest BCUT2D eigenvalue weighted by atomic mass is 16.6. The first-order valence-corrected chi connectivity index (χ1v) is 5.78. The van der Waals surface area contributed by atoms with Gasteiger partial charge in [0.05, 0.1) is 12.5 Å². The molecule has 5 heteroatoms. The highest BCUT2D eigenvalue weighted by Crippen LogP contribution is 2.10. The van der Waals surface area contributed by atoms with E-state index in [1.807, 2.05) is 0 Å². The summed E-state index contributed by atoms with van der Waals surface area (Å²) in [6.07, 6.45) is -0.436. The summed E-state index contributed by atoms with van der Waals surface area (Å²) in [5, 5.41) is 0. The van der Waals surface area contributed by atoms with Crippen LogP contribution in [0.4, 0.5) is 4.79 Å². The third-order valence-corrected chi connectivity index (χ3v) is 1.94. The van der Waals surface area contributed by atoms with Gasteiger partial charge in [0.25, 0.3) is 0 Å². The van der Waals surface area contributed by atoms with E-state index < -0.39 is 11.7 Å². The maximum absolute atomic E-state index is 11.6. The lowest BCUT2D eigenvalue weighted by Crippen LogP contribution is -2.38. The zero-order valence-electron chi connectivity index (χ0n) is 11.6. The number of carbonyl (C=O) groups excluding carboxylic acids is 2. The standard InChI is InChI=1S/C12H23NO4/c1-7-16-10(14)9(2)8-13(6)11(15)17-12(3,4)5/h9H,7-8H2,1-6H3. The van der Waals surface area contributed by atoms with Crippen LogP contribution in [0, 0.1) is 5.92 Å². The van der Waals surface area contributed by atoms with Gasteiger partial charge in [-0.1, -0.05) is 6.92 Å². The van der Waals surface area contributed by atoms with Crippen molar-refractivity contribution in [1.29, 1.82) is 0 Å². The Bertz CT molecular complexity index is 270. The van der Waals surface area contributed by atoms with Crippen LogP contribution in [0.15, 0.2) is 0 Å². The average molecular weight is 245 g/mol. The van der Waals surface area contributed by atoms with Crippen LogP contribution in [0.25, 0.3) is 0 Å². The molecule has 0 fully saturated rings. The first kappa shape index (κ1) is 15.7. The van der Waals surface area contributed by atoms with Gasteiger partial charge in [0.2, 0.25) is 0 Å². The molecule has 0 aromatic carbocycles. The second kappa shape index (κ2) is 6.47. The first-order valence-electron chi connectivity index (χ1n) is 5.78.